The van der Waals surface area contributed by atoms with Gasteiger partial charge in [-0.1, -0.05) is 24.3 Å². The number of carbonyl (C=O) groups is 1. The van der Waals surface area contributed by atoms with Gasteiger partial charge in [-0.25, -0.2) is 4.98 Å². The molecule has 0 atom stereocenters. The molecule has 2 heterocycles. The first-order valence-corrected chi connectivity index (χ1v) is 11.6. The van der Waals surface area contributed by atoms with E-state index in [9.17, 15) is 9.90 Å². The van der Waals surface area contributed by atoms with Gasteiger partial charge in [0.05, 0.1) is 0 Å². The van der Waals surface area contributed by atoms with E-state index < -0.39 is 0 Å². The van der Waals surface area contributed by atoms with Crippen LogP contribution in [0.2, 0.25) is 0 Å². The number of carbonyl (C=O) groups excluding carboxylic acids is 1. The Labute approximate surface area is 185 Å². The zero-order chi connectivity index (χ0) is 21.5. The number of benzene rings is 1. The second kappa shape index (κ2) is 10.7. The maximum absolute atomic E-state index is 13.4. The lowest BCUT2D eigenvalue weighted by Gasteiger charge is -2.37. The minimum absolute atomic E-state index is 0.0414. The fourth-order valence-electron chi connectivity index (χ4n) is 4.77. The van der Waals surface area contributed by atoms with Crippen molar-refractivity contribution in [2.45, 2.75) is 25.7 Å². The van der Waals surface area contributed by atoms with E-state index in [1.54, 1.807) is 6.20 Å². The van der Waals surface area contributed by atoms with Crippen LogP contribution in [-0.2, 0) is 4.79 Å². The maximum Gasteiger partial charge on any atom is 0.231 e. The summed E-state index contributed by atoms with van der Waals surface area (Å²) in [6, 6.07) is 16.3. The number of pyridine rings is 1. The summed E-state index contributed by atoms with van der Waals surface area (Å²) in [6.07, 6.45) is 5.36. The molecule has 0 spiro atoms. The van der Waals surface area contributed by atoms with Crippen molar-refractivity contribution in [3.63, 3.8) is 0 Å². The molecule has 1 aromatic carbocycles. The normalized spacial score (nSPS) is 22.3. The largest absolute Gasteiger partial charge is 0.396 e. The molecule has 31 heavy (non-hydrogen) atoms. The molecular weight excluding hydrogens is 388 g/mol. The van der Waals surface area contributed by atoms with Crippen molar-refractivity contribution in [2.75, 3.05) is 55.7 Å². The number of aliphatic hydroxyl groups is 1. The third-order valence-corrected chi connectivity index (χ3v) is 6.78. The maximum atomic E-state index is 13.4. The molecule has 1 amide bonds. The van der Waals surface area contributed by atoms with Crippen molar-refractivity contribution in [3.8, 4) is 0 Å². The monoisotopic (exact) mass is 422 g/mol. The van der Waals surface area contributed by atoms with Crippen LogP contribution < -0.4 is 9.80 Å². The fourth-order valence-corrected chi connectivity index (χ4v) is 4.77. The molecule has 0 bridgehead atoms. The molecule has 1 saturated heterocycles. The summed E-state index contributed by atoms with van der Waals surface area (Å²) in [5, 5.41) is 9.41. The van der Waals surface area contributed by atoms with Crippen LogP contribution in [0.1, 0.15) is 25.7 Å². The van der Waals surface area contributed by atoms with Gasteiger partial charge >= 0.3 is 0 Å². The lowest BCUT2D eigenvalue weighted by Crippen LogP contribution is -2.50. The highest BCUT2D eigenvalue weighted by atomic mass is 16.3. The minimum atomic E-state index is 0.0414. The molecule has 1 aliphatic carbocycles. The molecule has 6 heteroatoms. The molecule has 4 rings (SSSR count). The second-order valence-electron chi connectivity index (χ2n) is 8.74. The van der Waals surface area contributed by atoms with E-state index in [2.05, 4.69) is 45.1 Å². The lowest BCUT2D eigenvalue weighted by molar-refractivity contribution is -0.123. The number of piperazine rings is 1. The van der Waals surface area contributed by atoms with Crippen LogP contribution in [0.5, 0.6) is 0 Å². The van der Waals surface area contributed by atoms with Crippen LogP contribution in [0.15, 0.2) is 54.7 Å². The number of hydrogen-bond donors (Lipinski definition) is 1. The van der Waals surface area contributed by atoms with Crippen molar-refractivity contribution in [1.29, 1.82) is 0 Å². The van der Waals surface area contributed by atoms with Gasteiger partial charge in [-0.15, -0.1) is 0 Å². The molecule has 166 valence electrons. The lowest BCUT2D eigenvalue weighted by atomic mass is 9.81. The standard InChI is InChI=1S/C25H34N4O2/c30-20-21-9-11-22(12-10-21)25(31)29(24-8-4-5-13-26-24)19-16-27-14-17-28(18-15-27)23-6-2-1-3-7-23/h1-8,13,21-22,30H,9-12,14-20H2. The van der Waals surface area contributed by atoms with Crippen LogP contribution in [0.3, 0.4) is 0 Å². The van der Waals surface area contributed by atoms with Crippen LogP contribution in [0, 0.1) is 11.8 Å². The first kappa shape index (κ1) is 21.8. The average molecular weight is 423 g/mol. The number of aromatic nitrogens is 1. The van der Waals surface area contributed by atoms with Gasteiger partial charge in [0, 0.05) is 63.7 Å². The summed E-state index contributed by atoms with van der Waals surface area (Å²) in [5.74, 6) is 1.34. The summed E-state index contributed by atoms with van der Waals surface area (Å²) in [6.45, 7) is 5.78. The molecule has 0 unspecified atom stereocenters. The van der Waals surface area contributed by atoms with Crippen LogP contribution in [-0.4, -0.2) is 66.8 Å². The van der Waals surface area contributed by atoms with Crippen LogP contribution in [0.25, 0.3) is 0 Å². The van der Waals surface area contributed by atoms with Gasteiger partial charge in [0.25, 0.3) is 0 Å². The van der Waals surface area contributed by atoms with Crippen molar-refractivity contribution in [1.82, 2.24) is 9.88 Å². The Kier molecular flexibility index (Phi) is 7.54. The minimum Gasteiger partial charge on any atom is -0.396 e. The predicted molar refractivity (Wildman–Crippen MR) is 124 cm³/mol. The average Bonchev–Trinajstić information content (AvgIpc) is 2.85. The van der Waals surface area contributed by atoms with Crippen molar-refractivity contribution in [2.24, 2.45) is 11.8 Å². The second-order valence-corrected chi connectivity index (χ2v) is 8.74. The molecule has 6 nitrogen and oxygen atoms in total. The van der Waals surface area contributed by atoms with E-state index in [1.807, 2.05) is 23.1 Å². The van der Waals surface area contributed by atoms with E-state index in [0.717, 1.165) is 64.2 Å². The predicted octanol–water partition coefficient (Wildman–Crippen LogP) is 3.04. The van der Waals surface area contributed by atoms with Gasteiger partial charge in [-0.05, 0) is 55.9 Å². The Hall–Kier alpha value is -2.44. The van der Waals surface area contributed by atoms with Crippen molar-refractivity contribution < 1.29 is 9.90 Å². The Bertz CT molecular complexity index is 801. The van der Waals surface area contributed by atoms with E-state index >= 15 is 0 Å². The molecule has 2 aliphatic rings. The summed E-state index contributed by atoms with van der Waals surface area (Å²) in [4.78, 5) is 24.7. The molecule has 2 aromatic rings. The molecule has 1 N–H and O–H groups in total. The van der Waals surface area contributed by atoms with Crippen LogP contribution >= 0.6 is 0 Å². The summed E-state index contributed by atoms with van der Waals surface area (Å²) < 4.78 is 0. The third kappa shape index (κ3) is 5.63. The SMILES string of the molecule is O=C(C1CCC(CO)CC1)N(CCN1CCN(c2ccccc2)CC1)c1ccccn1. The highest BCUT2D eigenvalue weighted by Gasteiger charge is 2.30. The molecule has 1 aliphatic heterocycles. The summed E-state index contributed by atoms with van der Waals surface area (Å²) in [7, 11) is 0. The first-order chi connectivity index (χ1) is 15.2. The smallest absolute Gasteiger partial charge is 0.231 e. The van der Waals surface area contributed by atoms with Crippen molar-refractivity contribution in [3.05, 3.63) is 54.7 Å². The highest BCUT2D eigenvalue weighted by Crippen LogP contribution is 2.30. The molecule has 0 radical (unpaired) electrons. The Morgan fingerprint density at radius 2 is 1.68 bits per heavy atom. The number of hydrogen-bond acceptors (Lipinski definition) is 5. The van der Waals surface area contributed by atoms with Gasteiger partial charge in [0.1, 0.15) is 5.82 Å². The molecule has 1 aromatic heterocycles. The van der Waals surface area contributed by atoms with Gasteiger partial charge in [-0.2, -0.15) is 0 Å². The molecule has 2 fully saturated rings. The summed E-state index contributed by atoms with van der Waals surface area (Å²) in [5.41, 5.74) is 1.28. The number of anilines is 2. The third-order valence-electron chi connectivity index (χ3n) is 6.78. The van der Waals surface area contributed by atoms with Gasteiger partial charge in [-0.3, -0.25) is 14.6 Å². The number of nitrogens with zero attached hydrogens (tertiary/aromatic N) is 4. The quantitative estimate of drug-likeness (QED) is 0.743. The van der Waals surface area contributed by atoms with Gasteiger partial charge < -0.3 is 10.0 Å². The zero-order valence-corrected chi connectivity index (χ0v) is 18.3. The van der Waals surface area contributed by atoms with E-state index in [0.29, 0.717) is 12.5 Å². The first-order valence-electron chi connectivity index (χ1n) is 11.6. The van der Waals surface area contributed by atoms with Gasteiger partial charge in [0.15, 0.2) is 0 Å². The fraction of sp³-hybridized carbons (Fsp3) is 0.520. The van der Waals surface area contributed by atoms with Crippen LogP contribution in [0.4, 0.5) is 11.5 Å². The van der Waals surface area contributed by atoms with E-state index in [4.69, 9.17) is 0 Å². The van der Waals surface area contributed by atoms with E-state index in [-0.39, 0.29) is 18.4 Å². The topological polar surface area (TPSA) is 59.9 Å². The number of rotatable bonds is 7. The Balaban J connectivity index is 1.34. The number of aliphatic hydroxyl groups excluding tert-OH is 1. The summed E-state index contributed by atoms with van der Waals surface area (Å²) >= 11 is 0. The van der Waals surface area contributed by atoms with Crippen molar-refractivity contribution >= 4 is 17.4 Å². The van der Waals surface area contributed by atoms with E-state index in [1.165, 1.54) is 5.69 Å². The Morgan fingerprint density at radius 1 is 0.968 bits per heavy atom. The van der Waals surface area contributed by atoms with Gasteiger partial charge in [0.2, 0.25) is 5.91 Å². The number of para-hydroxylation sites is 1. The number of amides is 1. The Morgan fingerprint density at radius 3 is 2.32 bits per heavy atom. The highest BCUT2D eigenvalue weighted by molar-refractivity contribution is 5.94. The molecule has 1 saturated carbocycles. The zero-order valence-electron chi connectivity index (χ0n) is 18.3. The molecular formula is C25H34N4O2.